The fraction of sp³-hybridized carbons (Fsp3) is 0.400. The van der Waals surface area contributed by atoms with Gasteiger partial charge in [0.05, 0.1) is 21.1 Å². The van der Waals surface area contributed by atoms with Crippen molar-refractivity contribution in [3.8, 4) is 9.75 Å². The molecule has 3 rings (SSSR count). The standard InChI is InChI=1S/C15H16N2S4/c1-5-8(18)13-11-12(17-21-16-11)14(20-13)9-6-7-10(19-9)15(2,3)4/h6-7H,5H2,1-4H3. The van der Waals surface area contributed by atoms with E-state index in [0.29, 0.717) is 0 Å². The zero-order chi connectivity index (χ0) is 15.2. The van der Waals surface area contributed by atoms with Crippen LogP contribution in [0.5, 0.6) is 0 Å². The van der Waals surface area contributed by atoms with Crippen LogP contribution in [0, 0.1) is 0 Å². The summed E-state index contributed by atoms with van der Waals surface area (Å²) in [6.07, 6.45) is 0.875. The fourth-order valence-electron chi connectivity index (χ4n) is 2.06. The lowest BCUT2D eigenvalue weighted by atomic mass is 9.95. The average Bonchev–Trinajstić information content (AvgIpc) is 3.11. The molecule has 21 heavy (non-hydrogen) atoms. The lowest BCUT2D eigenvalue weighted by molar-refractivity contribution is 0.604. The highest BCUT2D eigenvalue weighted by atomic mass is 32.1. The smallest absolute Gasteiger partial charge is 0.124 e. The van der Waals surface area contributed by atoms with Gasteiger partial charge < -0.3 is 0 Å². The Balaban J connectivity index is 2.10. The van der Waals surface area contributed by atoms with Gasteiger partial charge in [-0.1, -0.05) is 39.9 Å². The zero-order valence-corrected chi connectivity index (χ0v) is 15.7. The SMILES string of the molecule is CCC(=S)c1sc(-c2ccc(C(C)(C)C)s2)c2c1N=S=N2. The topological polar surface area (TPSA) is 24.7 Å². The molecule has 6 heteroatoms. The van der Waals surface area contributed by atoms with Crippen molar-refractivity contribution in [1.82, 2.24) is 0 Å². The van der Waals surface area contributed by atoms with Crippen LogP contribution in [-0.2, 0) is 16.8 Å². The van der Waals surface area contributed by atoms with E-state index in [1.54, 1.807) is 11.3 Å². The van der Waals surface area contributed by atoms with E-state index in [1.807, 2.05) is 11.3 Å². The summed E-state index contributed by atoms with van der Waals surface area (Å²) < 4.78 is 8.94. The Bertz CT molecular complexity index is 783. The van der Waals surface area contributed by atoms with Gasteiger partial charge in [0.1, 0.15) is 11.4 Å². The molecule has 0 unspecified atom stereocenters. The maximum absolute atomic E-state index is 5.49. The number of hydrogen-bond acceptors (Lipinski definition) is 5. The third kappa shape index (κ3) is 2.70. The molecule has 2 aromatic heterocycles. The number of thiophene rings is 2. The molecule has 2 nitrogen and oxygen atoms in total. The second-order valence-corrected chi connectivity index (χ2v) is 9.04. The molecule has 0 aromatic carbocycles. The van der Waals surface area contributed by atoms with Crippen molar-refractivity contribution in [3.63, 3.8) is 0 Å². The van der Waals surface area contributed by atoms with Crippen molar-refractivity contribution in [3.05, 3.63) is 21.9 Å². The number of thiocarbonyl (C=S) groups is 1. The Kier molecular flexibility index (Phi) is 3.98. The summed E-state index contributed by atoms with van der Waals surface area (Å²) in [7, 11) is 0. The van der Waals surface area contributed by atoms with Crippen LogP contribution in [0.25, 0.3) is 9.75 Å². The monoisotopic (exact) mass is 352 g/mol. The fourth-order valence-corrected chi connectivity index (χ4v) is 5.33. The summed E-state index contributed by atoms with van der Waals surface area (Å²) in [4.78, 5) is 5.98. The highest BCUT2D eigenvalue weighted by Crippen LogP contribution is 2.52. The van der Waals surface area contributed by atoms with Gasteiger partial charge in [0.15, 0.2) is 0 Å². The molecule has 0 N–H and O–H groups in total. The molecule has 2 aromatic rings. The summed E-state index contributed by atoms with van der Waals surface area (Å²) in [5.41, 5.74) is 2.18. The first kappa shape index (κ1) is 15.2. The molecule has 0 bridgehead atoms. The van der Waals surface area contributed by atoms with E-state index < -0.39 is 0 Å². The van der Waals surface area contributed by atoms with E-state index in [2.05, 4.69) is 48.6 Å². The molecular weight excluding hydrogens is 336 g/mol. The molecule has 0 spiro atoms. The molecule has 1 aliphatic heterocycles. The molecule has 0 aliphatic carbocycles. The van der Waals surface area contributed by atoms with E-state index in [4.69, 9.17) is 12.2 Å². The van der Waals surface area contributed by atoms with E-state index in [-0.39, 0.29) is 5.41 Å². The van der Waals surface area contributed by atoms with Crippen molar-refractivity contribution in [2.75, 3.05) is 0 Å². The van der Waals surface area contributed by atoms with Crippen molar-refractivity contribution < 1.29 is 0 Å². The maximum atomic E-state index is 5.49. The van der Waals surface area contributed by atoms with Gasteiger partial charge in [0, 0.05) is 14.6 Å². The highest BCUT2D eigenvalue weighted by molar-refractivity contribution is 7.81. The third-order valence-electron chi connectivity index (χ3n) is 3.27. The van der Waals surface area contributed by atoms with Crippen molar-refractivity contribution in [2.24, 2.45) is 8.73 Å². The predicted octanol–water partition coefficient (Wildman–Crippen LogP) is 6.63. The minimum Gasteiger partial charge on any atom is -0.171 e. The lowest BCUT2D eigenvalue weighted by Gasteiger charge is -2.15. The zero-order valence-electron chi connectivity index (χ0n) is 12.4. The molecule has 1 aliphatic rings. The predicted molar refractivity (Wildman–Crippen MR) is 99.9 cm³/mol. The van der Waals surface area contributed by atoms with Gasteiger partial charge in [-0.15, -0.1) is 22.7 Å². The molecule has 0 saturated carbocycles. The highest BCUT2D eigenvalue weighted by Gasteiger charge is 2.25. The van der Waals surface area contributed by atoms with Gasteiger partial charge in [-0.2, -0.15) is 8.73 Å². The van der Waals surface area contributed by atoms with E-state index in [1.165, 1.54) is 26.0 Å². The van der Waals surface area contributed by atoms with Gasteiger partial charge in [0.2, 0.25) is 0 Å². The normalized spacial score (nSPS) is 13.3. The summed E-state index contributed by atoms with van der Waals surface area (Å²) >= 11 is 10.4. The second-order valence-electron chi connectivity index (χ2n) is 5.91. The quantitative estimate of drug-likeness (QED) is 0.383. The molecule has 110 valence electrons. The molecule has 0 radical (unpaired) electrons. The average molecular weight is 353 g/mol. The Morgan fingerprint density at radius 3 is 2.48 bits per heavy atom. The summed E-state index contributed by atoms with van der Waals surface area (Å²) in [5, 5.41) is 0. The maximum Gasteiger partial charge on any atom is 0.124 e. The van der Waals surface area contributed by atoms with E-state index >= 15 is 0 Å². The lowest BCUT2D eigenvalue weighted by Crippen LogP contribution is -2.07. The number of fused-ring (bicyclic) bond motifs is 1. The van der Waals surface area contributed by atoms with Crippen LogP contribution >= 0.6 is 34.9 Å². The first-order valence-corrected chi connectivity index (χ1v) is 9.58. The van der Waals surface area contributed by atoms with Gasteiger partial charge in [0.25, 0.3) is 0 Å². The number of rotatable bonds is 3. The third-order valence-corrected chi connectivity index (χ3v) is 7.34. The van der Waals surface area contributed by atoms with Crippen LogP contribution in [0.4, 0.5) is 11.4 Å². The molecule has 0 fully saturated rings. The Morgan fingerprint density at radius 1 is 1.14 bits per heavy atom. The van der Waals surface area contributed by atoms with Gasteiger partial charge >= 0.3 is 0 Å². The van der Waals surface area contributed by atoms with Crippen molar-refractivity contribution in [2.45, 2.75) is 39.5 Å². The van der Waals surface area contributed by atoms with Crippen LogP contribution in [0.3, 0.4) is 0 Å². The molecule has 0 amide bonds. The van der Waals surface area contributed by atoms with Gasteiger partial charge in [-0.25, -0.2) is 0 Å². The Hall–Kier alpha value is -0.690. The molecule has 0 saturated heterocycles. The van der Waals surface area contributed by atoms with Crippen molar-refractivity contribution in [1.29, 1.82) is 0 Å². The summed E-state index contributed by atoms with van der Waals surface area (Å²) in [6.45, 7) is 8.83. The van der Waals surface area contributed by atoms with E-state index in [9.17, 15) is 0 Å². The van der Waals surface area contributed by atoms with E-state index in [0.717, 1.165) is 27.5 Å². The largest absolute Gasteiger partial charge is 0.171 e. The van der Waals surface area contributed by atoms with Crippen molar-refractivity contribution >= 4 is 62.5 Å². The van der Waals surface area contributed by atoms with Gasteiger partial charge in [-0.05, 0) is 24.0 Å². The van der Waals surface area contributed by atoms with Crippen LogP contribution in [-0.4, -0.2) is 4.86 Å². The van der Waals surface area contributed by atoms with Crippen LogP contribution < -0.4 is 0 Å². The summed E-state index contributed by atoms with van der Waals surface area (Å²) in [5.74, 6) is 0. The number of hydrogen-bond donors (Lipinski definition) is 0. The summed E-state index contributed by atoms with van der Waals surface area (Å²) in [6, 6.07) is 4.43. The van der Waals surface area contributed by atoms with Crippen LogP contribution in [0.2, 0.25) is 0 Å². The Morgan fingerprint density at radius 2 is 1.86 bits per heavy atom. The first-order valence-electron chi connectivity index (χ1n) is 6.80. The minimum atomic E-state index is 0.182. The molecular formula is C15H16N2S4. The van der Waals surface area contributed by atoms with Crippen LogP contribution in [0.15, 0.2) is 20.9 Å². The van der Waals surface area contributed by atoms with Gasteiger partial charge in [-0.3, -0.25) is 0 Å². The molecule has 0 atom stereocenters. The molecule has 3 heterocycles. The minimum absolute atomic E-state index is 0.182. The number of nitrogens with zero attached hydrogens (tertiary/aromatic N) is 2. The Labute approximate surface area is 142 Å². The van der Waals surface area contributed by atoms with Crippen LogP contribution in [0.1, 0.15) is 43.9 Å². The second kappa shape index (κ2) is 5.50. The first-order chi connectivity index (χ1) is 9.91.